The van der Waals surface area contributed by atoms with Crippen molar-refractivity contribution in [3.05, 3.63) is 0 Å². The molecule has 7 aliphatic rings. The third-order valence-corrected chi connectivity index (χ3v) is 29.6. The van der Waals surface area contributed by atoms with E-state index in [4.69, 9.17) is 33.3 Å². The Labute approximate surface area is 724 Å². The molecule has 0 spiro atoms. The summed E-state index contributed by atoms with van der Waals surface area (Å²) in [5, 5.41) is 36.3. The Kier molecular flexibility index (Phi) is 42.4. The van der Waals surface area contributed by atoms with Crippen LogP contribution >= 0.6 is 23.5 Å². The molecule has 688 valence electrons. The third kappa shape index (κ3) is 36.5. The number of hydrogen-bond donors (Lipinski definition) is 15. The molecule has 0 radical (unpaired) electrons. The van der Waals surface area contributed by atoms with Gasteiger partial charge in [-0.25, -0.2) is 9.59 Å². The first-order valence-corrected chi connectivity index (χ1v) is 51.1. The van der Waals surface area contributed by atoms with Crippen molar-refractivity contribution in [1.29, 1.82) is 0 Å². The van der Waals surface area contributed by atoms with E-state index in [-0.39, 0.29) is 130 Å². The first-order valence-electron chi connectivity index (χ1n) is 43.2. The van der Waals surface area contributed by atoms with Crippen LogP contribution in [0.5, 0.6) is 0 Å². The largest absolute Gasteiger partial charge is 0.395 e. The molecule has 13 amide bonds. The molecule has 0 bridgehead atoms. The minimum atomic E-state index is -4.83. The maximum Gasteiger partial charge on any atom is 0.334 e. The molecule has 7 aliphatic heterocycles. The number of urea groups is 2. The number of anilines is 3. The lowest BCUT2D eigenvalue weighted by Crippen LogP contribution is -2.59. The fourth-order valence-electron chi connectivity index (χ4n) is 15.8. The number of carbonyl (C=O) groups is 12. The topological polar surface area (TPSA) is 555 Å². The van der Waals surface area contributed by atoms with Crippen molar-refractivity contribution in [3.63, 3.8) is 0 Å². The second kappa shape index (κ2) is 51.8. The van der Waals surface area contributed by atoms with Crippen molar-refractivity contribution < 1.29 is 102 Å². The lowest BCUT2D eigenvalue weighted by molar-refractivity contribution is -0.133. The Morgan fingerprint density at radius 1 is 0.467 bits per heavy atom. The van der Waals surface area contributed by atoms with Gasteiger partial charge in [0.25, 0.3) is 32.1 Å². The second-order valence-corrected chi connectivity index (χ2v) is 40.8. The highest BCUT2D eigenvalue weighted by atomic mass is 32.2. The molecule has 0 aliphatic carbocycles. The lowest BCUT2D eigenvalue weighted by atomic mass is 9.96. The van der Waals surface area contributed by atoms with E-state index in [1.54, 1.807) is 0 Å². The van der Waals surface area contributed by atoms with Gasteiger partial charge < -0.3 is 102 Å². The predicted molar refractivity (Wildman–Crippen MR) is 458 cm³/mol. The molecule has 1 aromatic heterocycles. The van der Waals surface area contributed by atoms with Crippen molar-refractivity contribution in [1.82, 2.24) is 84.1 Å². The average molecular weight is 1820 g/mol. The molecule has 8 atom stereocenters. The van der Waals surface area contributed by atoms with Crippen LogP contribution in [0, 0.1) is 5.92 Å². The molecule has 7 fully saturated rings. The molecule has 41 nitrogen and oxygen atoms in total. The molecule has 8 heterocycles. The van der Waals surface area contributed by atoms with Gasteiger partial charge in [-0.05, 0) is 129 Å². The number of amides is 13. The van der Waals surface area contributed by atoms with Crippen LogP contribution in [0.3, 0.4) is 0 Å². The molecule has 0 aromatic carbocycles. The third-order valence-electron chi connectivity index (χ3n) is 22.2. The normalized spacial score (nSPS) is 20.6. The minimum absolute atomic E-state index is 0.0805. The molecule has 46 heteroatoms. The highest BCUT2D eigenvalue weighted by Crippen LogP contribution is 2.35. The Bertz CT molecular complexity index is 3650. The van der Waals surface area contributed by atoms with Crippen molar-refractivity contribution >= 4 is 141 Å². The van der Waals surface area contributed by atoms with Crippen LogP contribution in [0.1, 0.15) is 187 Å². The number of Topliss-reactive ketones (excluding diaryl/α,β-unsaturated/α-hetero) is 1. The number of ketones is 1. The first kappa shape index (κ1) is 99.8. The Morgan fingerprint density at radius 2 is 0.861 bits per heavy atom. The van der Waals surface area contributed by atoms with Gasteiger partial charge in [-0.2, -0.15) is 55.3 Å². The molecule has 8 unspecified atom stereocenters. The van der Waals surface area contributed by atoms with Crippen molar-refractivity contribution in [2.45, 2.75) is 259 Å². The zero-order valence-electron chi connectivity index (χ0n) is 70.5. The molecule has 122 heavy (non-hydrogen) atoms. The fraction of sp³-hybridized carbons (Fsp3) is 0.803. The Morgan fingerprint density at radius 3 is 1.30 bits per heavy atom. The van der Waals surface area contributed by atoms with Crippen LogP contribution in [-0.2, 0) is 86.5 Å². The van der Waals surface area contributed by atoms with Gasteiger partial charge in [-0.3, -0.25) is 57.1 Å². The standard InChI is InChI=1S/C76H129N19O22S4Si/c1-4-116-122(3,117-5-2)46-17-14-19-54(96)20-18-42-114-44-45-115-43-35-79-69(103)51-27-36-93(37-28-51)72-90-73(94-38-29-52(30-39-94)80-70(104)67(86-63(101)49-120(108,109)110)84-61(99)25-8-6-15-33-77-59(97)23-12-10-21-57-65-55(47-118-57)82-75(106)88-65)92-74(91-72)95-40-31-53(32-41-95)81-71(105)68(87-64(102)50-121(111,112)113)85-62(100)26-9-7-16-34-78-60(98)24-13-11-22-58-66-56(48-119-58)83-76(107)89-66/h51-53,55-58,65-68H,4-50H2,1-3H3,(H,77,97)(H,78,98)(H,79,103)(H,80,104)(H,81,105)(H,84,99)(H,85,100)(H,86,101)(H,87,102)(H2,82,88,106)(H2,83,89,107)(H,108,109,110)(H,111,112,113). The van der Waals surface area contributed by atoms with Gasteiger partial charge >= 0.3 is 20.6 Å². The summed E-state index contributed by atoms with van der Waals surface area (Å²) < 4.78 is 88.9. The van der Waals surface area contributed by atoms with Crippen LogP contribution in [0.25, 0.3) is 0 Å². The number of carbonyl (C=O) groups excluding carboxylic acids is 12. The zero-order valence-corrected chi connectivity index (χ0v) is 74.7. The SMILES string of the molecule is CCO[Si](C)(CCCCC(=O)CCCOCCOCCNC(=O)C1CCN(c2nc(N3CCC(NC(=O)C(NC(=O)CCCCCNC(=O)CCCCC4SCC5NC(=O)NC54)NC(=O)CS(=O)(=O)O)CC3)nc(N3CCC(NC(=O)C(NC(=O)CCCCCNC(=O)CCCCC4SCC5NC(=O)NC54)NC(=O)CS(=O)(=O)O)CC3)n2)CC1)OCC. The maximum absolute atomic E-state index is 14.0. The lowest BCUT2D eigenvalue weighted by Gasteiger charge is -2.36. The molecule has 8 rings (SSSR count). The highest BCUT2D eigenvalue weighted by molar-refractivity contribution is 8.00. The van der Waals surface area contributed by atoms with Gasteiger partial charge in [0.05, 0.1) is 44.0 Å². The van der Waals surface area contributed by atoms with Gasteiger partial charge in [0.1, 0.15) is 5.78 Å². The van der Waals surface area contributed by atoms with Gasteiger partial charge in [0.15, 0.2) is 23.8 Å². The summed E-state index contributed by atoms with van der Waals surface area (Å²) in [4.78, 5) is 175. The molecule has 1 aromatic rings. The number of nitrogens with zero attached hydrogens (tertiary/aromatic N) is 6. The molecular weight excluding hydrogens is 1690 g/mol. The maximum atomic E-state index is 14.0. The summed E-state index contributed by atoms with van der Waals surface area (Å²) in [6.07, 6.45) is 10.1. The quantitative estimate of drug-likeness (QED) is 0.0141. The van der Waals surface area contributed by atoms with Gasteiger partial charge in [0, 0.05) is 157 Å². The van der Waals surface area contributed by atoms with Crippen LogP contribution in [0.2, 0.25) is 12.6 Å². The van der Waals surface area contributed by atoms with Crippen LogP contribution in [-0.4, -0.2) is 301 Å². The van der Waals surface area contributed by atoms with Gasteiger partial charge in [-0.1, -0.05) is 32.1 Å². The summed E-state index contributed by atoms with van der Waals surface area (Å²) in [6.45, 7) is 11.4. The summed E-state index contributed by atoms with van der Waals surface area (Å²) in [7, 11) is -11.9. The van der Waals surface area contributed by atoms with Crippen molar-refractivity contribution in [2.75, 3.05) is 136 Å². The van der Waals surface area contributed by atoms with E-state index in [1.807, 2.05) is 52.1 Å². The fourth-order valence-corrected chi connectivity index (χ4v) is 22.2. The number of fused-ring (bicyclic) bond motifs is 2. The molecule has 15 N–H and O–H groups in total. The van der Waals surface area contributed by atoms with Crippen LogP contribution in [0.15, 0.2) is 0 Å². The van der Waals surface area contributed by atoms with Crippen molar-refractivity contribution in [2.24, 2.45) is 5.92 Å². The second-order valence-electron chi connectivity index (χ2n) is 32.0. The number of hydrogen-bond acceptors (Lipinski definition) is 28. The van der Waals surface area contributed by atoms with Crippen LogP contribution in [0.4, 0.5) is 27.4 Å². The number of thioether (sulfide) groups is 2. The van der Waals surface area contributed by atoms with E-state index in [0.717, 1.165) is 56.1 Å². The van der Waals surface area contributed by atoms with E-state index in [0.29, 0.717) is 198 Å². The minimum Gasteiger partial charge on any atom is -0.395 e. The first-order chi connectivity index (χ1) is 58.4. The molecule has 0 saturated carbocycles. The average Bonchev–Trinajstić information content (AvgIpc) is 1.62. The zero-order chi connectivity index (χ0) is 88.0. The number of aromatic nitrogens is 3. The summed E-state index contributed by atoms with van der Waals surface area (Å²) in [5.41, 5.74) is 0. The van der Waals surface area contributed by atoms with Gasteiger partial charge in [0.2, 0.25) is 59.2 Å². The van der Waals surface area contributed by atoms with E-state index in [1.165, 1.54) is 0 Å². The van der Waals surface area contributed by atoms with E-state index >= 15 is 0 Å². The Hall–Kier alpha value is -7.57. The number of ether oxygens (including phenoxy) is 2. The molecular formula is C76H129N19O22S4Si. The van der Waals surface area contributed by atoms with Crippen molar-refractivity contribution in [3.8, 4) is 0 Å². The van der Waals surface area contributed by atoms with Gasteiger partial charge in [-0.15, -0.1) is 0 Å². The monoisotopic (exact) mass is 1820 g/mol. The summed E-state index contributed by atoms with van der Waals surface area (Å²) in [5.74, 6) is -6.09. The number of unbranched alkanes of at least 4 members (excludes halogenated alkanes) is 7. The number of nitrogens with one attached hydrogen (secondary N) is 13. The Balaban J connectivity index is 0.805. The number of rotatable bonds is 57. The molecule has 7 saturated heterocycles. The van der Waals surface area contributed by atoms with E-state index in [9.17, 15) is 83.5 Å². The van der Waals surface area contributed by atoms with E-state index < -0.39 is 100 Å². The highest BCUT2D eigenvalue weighted by Gasteiger charge is 2.44. The smallest absolute Gasteiger partial charge is 0.334 e. The van der Waals surface area contributed by atoms with Crippen LogP contribution < -0.4 is 83.8 Å². The summed E-state index contributed by atoms with van der Waals surface area (Å²) in [6, 6.07) is -0.0544. The summed E-state index contributed by atoms with van der Waals surface area (Å²) >= 11 is 3.64. The van der Waals surface area contributed by atoms with E-state index in [2.05, 4.69) is 75.7 Å². The predicted octanol–water partition coefficient (Wildman–Crippen LogP) is 0.769. The number of piperidine rings is 3.